The second kappa shape index (κ2) is 9.22. The lowest BCUT2D eigenvalue weighted by atomic mass is 9.55. The Balaban J connectivity index is 1.46. The average molecular weight is 512 g/mol. The van der Waals surface area contributed by atoms with Crippen molar-refractivity contribution in [1.82, 2.24) is 0 Å². The Labute approximate surface area is 224 Å². The lowest BCUT2D eigenvalue weighted by molar-refractivity contribution is -0.115. The molecule has 5 atom stereocenters. The Kier molecular flexibility index (Phi) is 6.09. The Morgan fingerprint density at radius 1 is 1.13 bits per heavy atom. The molecule has 38 heavy (non-hydrogen) atoms. The number of allylic oxidation sites excluding steroid dienone is 1. The molecule has 2 aromatic carbocycles. The minimum absolute atomic E-state index is 0.0463. The molecule has 0 saturated heterocycles. The van der Waals surface area contributed by atoms with Gasteiger partial charge in [-0.15, -0.1) is 0 Å². The summed E-state index contributed by atoms with van der Waals surface area (Å²) in [6.45, 7) is 2.59. The van der Waals surface area contributed by atoms with Crippen molar-refractivity contribution in [3.8, 4) is 11.8 Å². The van der Waals surface area contributed by atoms with E-state index in [0.29, 0.717) is 25.0 Å². The van der Waals surface area contributed by atoms with Gasteiger partial charge in [-0.3, -0.25) is 4.79 Å². The van der Waals surface area contributed by atoms with Crippen LogP contribution in [0, 0.1) is 29.0 Å². The van der Waals surface area contributed by atoms with Crippen molar-refractivity contribution < 1.29 is 19.0 Å². The minimum atomic E-state index is -1.22. The van der Waals surface area contributed by atoms with E-state index in [0.717, 1.165) is 30.5 Å². The van der Waals surface area contributed by atoms with Gasteiger partial charge in [-0.25, -0.2) is 4.39 Å². The Hall–Kier alpha value is -3.20. The van der Waals surface area contributed by atoms with Crippen LogP contribution in [0.2, 0.25) is 0 Å². The number of halogens is 1. The van der Waals surface area contributed by atoms with Crippen molar-refractivity contribution in [2.75, 3.05) is 25.6 Å². The molecular weight excluding hydrogens is 477 g/mol. The molecule has 2 saturated carbocycles. The molecule has 5 heteroatoms. The number of ether oxygens (including phenoxy) is 1. The summed E-state index contributed by atoms with van der Waals surface area (Å²) in [6, 6.07) is 14.9. The lowest BCUT2D eigenvalue weighted by Crippen LogP contribution is -2.53. The number of ketones is 1. The maximum atomic E-state index is 13.8. The van der Waals surface area contributed by atoms with E-state index >= 15 is 0 Å². The van der Waals surface area contributed by atoms with Gasteiger partial charge in [0, 0.05) is 43.1 Å². The maximum absolute atomic E-state index is 13.8. The molecule has 0 radical (unpaired) electrons. The fourth-order valence-corrected chi connectivity index (χ4v) is 7.27. The van der Waals surface area contributed by atoms with E-state index in [9.17, 15) is 14.3 Å². The largest absolute Gasteiger partial charge is 0.378 e. The van der Waals surface area contributed by atoms with Crippen molar-refractivity contribution in [1.29, 1.82) is 0 Å². The summed E-state index contributed by atoms with van der Waals surface area (Å²) in [5, 5.41) is 12.1. The molecule has 1 heterocycles. The predicted octanol–water partition coefficient (Wildman–Crippen LogP) is 5.56. The maximum Gasteiger partial charge on any atom is 0.156 e. The first kappa shape index (κ1) is 25.1. The van der Waals surface area contributed by atoms with E-state index in [2.05, 4.69) is 47.9 Å². The summed E-state index contributed by atoms with van der Waals surface area (Å²) in [4.78, 5) is 14.3. The summed E-state index contributed by atoms with van der Waals surface area (Å²) in [6.07, 6.45) is 5.01. The number of benzene rings is 2. The number of hydrogen-bond donors (Lipinski definition) is 1. The fourth-order valence-electron chi connectivity index (χ4n) is 7.27. The zero-order chi connectivity index (χ0) is 26.7. The highest BCUT2D eigenvalue weighted by Crippen LogP contribution is 2.64. The highest BCUT2D eigenvalue weighted by Gasteiger charge is 2.63. The summed E-state index contributed by atoms with van der Waals surface area (Å²) < 4.78 is 20.4. The van der Waals surface area contributed by atoms with Crippen LogP contribution in [0.4, 0.5) is 10.1 Å². The summed E-state index contributed by atoms with van der Waals surface area (Å²) >= 11 is 0. The third-order valence-corrected chi connectivity index (χ3v) is 9.42. The third-order valence-electron chi connectivity index (χ3n) is 9.42. The second-order valence-corrected chi connectivity index (χ2v) is 11.7. The van der Waals surface area contributed by atoms with E-state index in [1.165, 1.54) is 28.8 Å². The molecule has 3 aliphatic carbocycles. The minimum Gasteiger partial charge on any atom is -0.378 e. The van der Waals surface area contributed by atoms with Crippen LogP contribution in [0.25, 0.3) is 0 Å². The highest BCUT2D eigenvalue weighted by atomic mass is 19.1. The van der Waals surface area contributed by atoms with Gasteiger partial charge in [0.2, 0.25) is 0 Å². The number of fused-ring (bicyclic) bond motifs is 4. The number of aliphatic hydroxyl groups is 1. The first-order chi connectivity index (χ1) is 18.2. The van der Waals surface area contributed by atoms with Gasteiger partial charge >= 0.3 is 0 Å². The van der Waals surface area contributed by atoms with Crippen LogP contribution in [-0.2, 0) is 9.53 Å². The molecule has 4 nitrogen and oxygen atoms in total. The Morgan fingerprint density at radius 3 is 2.66 bits per heavy atom. The molecule has 4 aliphatic rings. The van der Waals surface area contributed by atoms with E-state index in [4.69, 9.17) is 4.74 Å². The van der Waals surface area contributed by atoms with Crippen LogP contribution >= 0.6 is 0 Å². The predicted molar refractivity (Wildman–Crippen MR) is 146 cm³/mol. The molecule has 0 spiro atoms. The van der Waals surface area contributed by atoms with Gasteiger partial charge in [0.15, 0.2) is 5.78 Å². The molecular formula is C33H34FNO3. The van der Waals surface area contributed by atoms with Gasteiger partial charge in [-0.1, -0.05) is 37.0 Å². The second-order valence-electron chi connectivity index (χ2n) is 11.7. The van der Waals surface area contributed by atoms with E-state index in [1.807, 2.05) is 14.1 Å². The van der Waals surface area contributed by atoms with Crippen molar-refractivity contribution in [2.24, 2.45) is 11.3 Å². The first-order valence-electron chi connectivity index (χ1n) is 13.6. The van der Waals surface area contributed by atoms with E-state index in [1.54, 1.807) is 18.2 Å². The average Bonchev–Trinajstić information content (AvgIpc) is 3.17. The molecule has 2 aromatic rings. The molecule has 1 N–H and O–H groups in total. The Bertz CT molecular complexity index is 1410. The van der Waals surface area contributed by atoms with Gasteiger partial charge in [-0.2, -0.15) is 0 Å². The number of hydrogen-bond acceptors (Lipinski definition) is 4. The number of anilines is 1. The topological polar surface area (TPSA) is 49.8 Å². The van der Waals surface area contributed by atoms with Gasteiger partial charge in [0.05, 0.1) is 12.7 Å². The van der Waals surface area contributed by atoms with Gasteiger partial charge in [0.25, 0.3) is 0 Å². The van der Waals surface area contributed by atoms with Crippen molar-refractivity contribution in [2.45, 2.75) is 56.7 Å². The van der Waals surface area contributed by atoms with Gasteiger partial charge in [0.1, 0.15) is 11.4 Å². The van der Waals surface area contributed by atoms with Gasteiger partial charge < -0.3 is 14.7 Å². The monoisotopic (exact) mass is 511 g/mol. The third kappa shape index (κ3) is 4.02. The quantitative estimate of drug-likeness (QED) is 0.536. The van der Waals surface area contributed by atoms with Crippen LogP contribution in [0.5, 0.6) is 0 Å². The highest BCUT2D eigenvalue weighted by molar-refractivity contribution is 5.93. The zero-order valence-corrected chi connectivity index (χ0v) is 22.3. The van der Waals surface area contributed by atoms with Crippen LogP contribution < -0.4 is 4.90 Å². The zero-order valence-electron chi connectivity index (χ0n) is 22.3. The number of rotatable bonds is 2. The molecule has 0 bridgehead atoms. The normalized spacial score (nSPS) is 32.0. The van der Waals surface area contributed by atoms with Crippen molar-refractivity contribution >= 4 is 11.5 Å². The van der Waals surface area contributed by atoms with Crippen molar-refractivity contribution in [3.05, 3.63) is 88.3 Å². The molecule has 0 unspecified atom stereocenters. The van der Waals surface area contributed by atoms with Crippen LogP contribution in [0.3, 0.4) is 0 Å². The van der Waals surface area contributed by atoms with E-state index in [-0.39, 0.29) is 29.5 Å². The molecule has 6 rings (SSSR count). The molecule has 196 valence electrons. The standard InChI is InChI=1S/C33H34FNO3/c1-32-19-28(22-7-9-25(10-8-22)35(2)3)30-27-12-11-26(36)18-23(27)20-38-31(30)29(32)14-16-33(32,37)15-13-21-5-4-6-24(34)17-21/h4-10,17-18,28-29,31,37H,11-12,14,16,19-20H2,1-3H3/t28-,29+,31+,32+,33+/m1/s1. The van der Waals surface area contributed by atoms with Crippen LogP contribution in [0.15, 0.2) is 71.3 Å². The summed E-state index contributed by atoms with van der Waals surface area (Å²) in [5.74, 6) is 6.26. The molecule has 1 aliphatic heterocycles. The van der Waals surface area contributed by atoms with Crippen molar-refractivity contribution in [3.63, 3.8) is 0 Å². The summed E-state index contributed by atoms with van der Waals surface area (Å²) in [5.41, 5.74) is 4.74. The van der Waals surface area contributed by atoms with Crippen LogP contribution in [-0.4, -0.2) is 43.3 Å². The first-order valence-corrected chi connectivity index (χ1v) is 13.6. The molecule has 0 amide bonds. The van der Waals surface area contributed by atoms with Crippen LogP contribution in [0.1, 0.15) is 56.1 Å². The smallest absolute Gasteiger partial charge is 0.156 e. The molecule has 0 aromatic heterocycles. The molecule has 2 fully saturated rings. The van der Waals surface area contributed by atoms with Gasteiger partial charge in [-0.05, 0) is 90.3 Å². The lowest BCUT2D eigenvalue weighted by Gasteiger charge is -2.53. The fraction of sp³-hybridized carbons (Fsp3) is 0.424. The number of nitrogens with zero attached hydrogens (tertiary/aromatic N) is 1. The van der Waals surface area contributed by atoms with E-state index < -0.39 is 11.0 Å². The Morgan fingerprint density at radius 2 is 1.92 bits per heavy atom. The SMILES string of the molecule is CN(C)c1ccc([C@H]2C[C@@]3(C)[C@@H](CC[C@@]3(O)C#Cc3cccc(F)c3)[C@@H]3OCC4=CC(=O)CCC4=C32)cc1. The number of carbonyl (C=O) groups is 1. The number of carbonyl (C=O) groups excluding carboxylic acids is 1. The summed E-state index contributed by atoms with van der Waals surface area (Å²) in [7, 11) is 4.06.